The van der Waals surface area contributed by atoms with Crippen molar-refractivity contribution in [3.63, 3.8) is 0 Å². The number of nitro groups is 2. The Morgan fingerprint density at radius 2 is 1.85 bits per heavy atom. The van der Waals surface area contributed by atoms with Gasteiger partial charge in [-0.25, -0.2) is 4.98 Å². The molecule has 0 amide bonds. The lowest BCUT2D eigenvalue weighted by Gasteiger charge is -1.98. The highest BCUT2D eigenvalue weighted by molar-refractivity contribution is 7.14. The van der Waals surface area contributed by atoms with Crippen molar-refractivity contribution in [2.24, 2.45) is 5.10 Å². The Balaban J connectivity index is 1.69. The van der Waals surface area contributed by atoms with Crippen molar-refractivity contribution >= 4 is 34.1 Å². The van der Waals surface area contributed by atoms with Crippen LogP contribution < -0.4 is 5.43 Å². The molecule has 0 saturated carbocycles. The van der Waals surface area contributed by atoms with Crippen LogP contribution in [0.2, 0.25) is 0 Å². The number of hydrazone groups is 1. The van der Waals surface area contributed by atoms with Crippen molar-refractivity contribution in [1.29, 1.82) is 0 Å². The van der Waals surface area contributed by atoms with Crippen LogP contribution in [0.25, 0.3) is 11.3 Å². The van der Waals surface area contributed by atoms with E-state index in [2.05, 4.69) is 15.5 Å². The number of phenolic OH excluding ortho intramolecular Hbond substituents is 1. The maximum absolute atomic E-state index is 10.8. The predicted octanol–water partition coefficient (Wildman–Crippen LogP) is 3.78. The maximum atomic E-state index is 10.8. The summed E-state index contributed by atoms with van der Waals surface area (Å²) in [5, 5.41) is 37.1. The molecule has 0 aliphatic rings. The number of aromatic hydroxyl groups is 1. The quantitative estimate of drug-likeness (QED) is 0.373. The Bertz CT molecular complexity index is 1030. The molecule has 11 heteroatoms. The molecular weight excluding hydrogens is 374 g/mol. The molecule has 1 heterocycles. The van der Waals surface area contributed by atoms with Crippen LogP contribution in [0.3, 0.4) is 0 Å². The Hall–Kier alpha value is -3.86. The minimum atomic E-state index is -0.683. The lowest BCUT2D eigenvalue weighted by atomic mass is 10.1. The summed E-state index contributed by atoms with van der Waals surface area (Å²) in [6.45, 7) is 0. The highest BCUT2D eigenvalue weighted by atomic mass is 32.1. The fourth-order valence-corrected chi connectivity index (χ4v) is 2.81. The Morgan fingerprint density at radius 3 is 2.52 bits per heavy atom. The second kappa shape index (κ2) is 7.58. The van der Waals surface area contributed by atoms with Crippen molar-refractivity contribution < 1.29 is 15.0 Å². The lowest BCUT2D eigenvalue weighted by Crippen LogP contribution is -1.93. The van der Waals surface area contributed by atoms with Crippen LogP contribution in [-0.4, -0.2) is 26.2 Å². The molecule has 0 unspecified atom stereocenters. The van der Waals surface area contributed by atoms with Crippen LogP contribution in [0.15, 0.2) is 52.9 Å². The summed E-state index contributed by atoms with van der Waals surface area (Å²) in [6.07, 6.45) is 1.36. The van der Waals surface area contributed by atoms with Crippen molar-refractivity contribution in [3.05, 3.63) is 73.6 Å². The molecule has 2 aromatic carbocycles. The predicted molar refractivity (Wildman–Crippen MR) is 100 cm³/mol. The molecule has 2 N–H and O–H groups in total. The summed E-state index contributed by atoms with van der Waals surface area (Å²) in [5.41, 5.74) is 4.09. The SMILES string of the molecule is O=[N+]([O-])c1ccc(-c2csc(NN=Cc3ccc(O)c([N+](=O)[O-])c3)n2)cc1. The molecule has 0 fully saturated rings. The number of nitrogens with zero attached hydrogens (tertiary/aromatic N) is 4. The molecule has 3 aromatic rings. The van der Waals surface area contributed by atoms with Crippen LogP contribution in [0, 0.1) is 20.2 Å². The summed E-state index contributed by atoms with van der Waals surface area (Å²) in [6, 6.07) is 9.92. The molecule has 0 saturated heterocycles. The van der Waals surface area contributed by atoms with Gasteiger partial charge in [0, 0.05) is 34.7 Å². The van der Waals surface area contributed by atoms with Gasteiger partial charge in [-0.2, -0.15) is 5.10 Å². The zero-order valence-electron chi connectivity index (χ0n) is 13.5. The number of aromatic nitrogens is 1. The number of hydrogen-bond donors (Lipinski definition) is 2. The molecule has 0 atom stereocenters. The van der Waals surface area contributed by atoms with E-state index in [-0.39, 0.29) is 5.69 Å². The Kier molecular flexibility index (Phi) is 5.04. The van der Waals surface area contributed by atoms with Gasteiger partial charge in [0.2, 0.25) is 5.13 Å². The fraction of sp³-hybridized carbons (Fsp3) is 0. The number of hydrogen-bond acceptors (Lipinski definition) is 9. The van der Waals surface area contributed by atoms with Crippen molar-refractivity contribution in [1.82, 2.24) is 4.98 Å². The molecule has 10 nitrogen and oxygen atoms in total. The first-order valence-electron chi connectivity index (χ1n) is 7.41. The molecule has 0 aliphatic carbocycles. The lowest BCUT2D eigenvalue weighted by molar-refractivity contribution is -0.385. The van der Waals surface area contributed by atoms with E-state index in [1.54, 1.807) is 17.5 Å². The molecule has 0 aliphatic heterocycles. The van der Waals surface area contributed by atoms with Crippen LogP contribution in [-0.2, 0) is 0 Å². The average Bonchev–Trinajstić information content (AvgIpc) is 3.12. The summed E-state index contributed by atoms with van der Waals surface area (Å²) >= 11 is 1.28. The third-order valence-electron chi connectivity index (χ3n) is 3.45. The zero-order valence-corrected chi connectivity index (χ0v) is 14.3. The van der Waals surface area contributed by atoms with Gasteiger partial charge in [0.05, 0.1) is 21.8 Å². The minimum Gasteiger partial charge on any atom is -0.502 e. The number of thiazole rings is 1. The van der Waals surface area contributed by atoms with Gasteiger partial charge >= 0.3 is 5.69 Å². The van der Waals surface area contributed by atoms with Crippen LogP contribution >= 0.6 is 11.3 Å². The summed E-state index contributed by atoms with van der Waals surface area (Å²) < 4.78 is 0. The van der Waals surface area contributed by atoms with Crippen molar-refractivity contribution in [2.75, 3.05) is 5.43 Å². The highest BCUT2D eigenvalue weighted by Crippen LogP contribution is 2.27. The van der Waals surface area contributed by atoms with Gasteiger partial charge in [-0.05, 0) is 24.3 Å². The molecule has 3 rings (SSSR count). The normalized spacial score (nSPS) is 10.8. The van der Waals surface area contributed by atoms with E-state index in [1.807, 2.05) is 0 Å². The number of benzene rings is 2. The smallest absolute Gasteiger partial charge is 0.311 e. The summed E-state index contributed by atoms with van der Waals surface area (Å²) in [5.74, 6) is -0.419. The van der Waals surface area contributed by atoms with Gasteiger partial charge in [-0.15, -0.1) is 11.3 Å². The van der Waals surface area contributed by atoms with Gasteiger partial charge < -0.3 is 5.11 Å². The first-order valence-corrected chi connectivity index (χ1v) is 8.29. The van der Waals surface area contributed by atoms with E-state index in [1.165, 1.54) is 47.9 Å². The van der Waals surface area contributed by atoms with Crippen LogP contribution in [0.1, 0.15) is 5.56 Å². The Labute approximate surface area is 155 Å². The molecule has 136 valence electrons. The van der Waals surface area contributed by atoms with E-state index in [4.69, 9.17) is 0 Å². The molecule has 0 bridgehead atoms. The first-order chi connectivity index (χ1) is 12.9. The average molecular weight is 385 g/mol. The first kappa shape index (κ1) is 17.9. The van der Waals surface area contributed by atoms with E-state index in [9.17, 15) is 25.3 Å². The topological polar surface area (TPSA) is 144 Å². The van der Waals surface area contributed by atoms with Crippen LogP contribution in [0.5, 0.6) is 5.75 Å². The number of phenols is 1. The van der Waals surface area contributed by atoms with E-state index < -0.39 is 21.3 Å². The van der Waals surface area contributed by atoms with E-state index in [0.717, 1.165) is 5.56 Å². The highest BCUT2D eigenvalue weighted by Gasteiger charge is 2.12. The molecule has 27 heavy (non-hydrogen) atoms. The van der Waals surface area contributed by atoms with Gasteiger partial charge in [0.1, 0.15) is 0 Å². The third kappa shape index (κ3) is 4.22. The second-order valence-electron chi connectivity index (χ2n) is 5.22. The van der Waals surface area contributed by atoms with Gasteiger partial charge in [0.25, 0.3) is 5.69 Å². The number of rotatable bonds is 6. The van der Waals surface area contributed by atoms with Crippen molar-refractivity contribution in [3.8, 4) is 17.0 Å². The maximum Gasteiger partial charge on any atom is 0.311 e. The molecule has 0 spiro atoms. The summed E-state index contributed by atoms with van der Waals surface area (Å²) in [4.78, 5) is 24.7. The fourth-order valence-electron chi connectivity index (χ4n) is 2.14. The third-order valence-corrected chi connectivity index (χ3v) is 4.19. The van der Waals surface area contributed by atoms with E-state index >= 15 is 0 Å². The molecule has 1 aromatic heterocycles. The van der Waals surface area contributed by atoms with Gasteiger partial charge in [-0.1, -0.05) is 0 Å². The number of anilines is 1. The number of nitro benzene ring substituents is 2. The van der Waals surface area contributed by atoms with Crippen molar-refractivity contribution in [2.45, 2.75) is 0 Å². The number of non-ortho nitro benzene ring substituents is 1. The number of nitrogens with one attached hydrogen (secondary N) is 1. The largest absolute Gasteiger partial charge is 0.502 e. The molecular formula is C16H11N5O5S. The minimum absolute atomic E-state index is 0.0000747. The Morgan fingerprint density at radius 1 is 1.11 bits per heavy atom. The monoisotopic (exact) mass is 385 g/mol. The van der Waals surface area contributed by atoms with E-state index in [0.29, 0.717) is 16.4 Å². The molecule has 0 radical (unpaired) electrons. The van der Waals surface area contributed by atoms with Gasteiger partial charge in [0.15, 0.2) is 5.75 Å². The zero-order chi connectivity index (χ0) is 19.4. The van der Waals surface area contributed by atoms with Crippen LogP contribution in [0.4, 0.5) is 16.5 Å². The summed E-state index contributed by atoms with van der Waals surface area (Å²) in [7, 11) is 0. The standard InChI is InChI=1S/C16H11N5O5S/c22-15-6-1-10(7-14(15)21(25)26)8-17-19-16-18-13(9-27-16)11-2-4-12(5-3-11)20(23)24/h1-9,22H,(H,18,19). The van der Waals surface area contributed by atoms with Gasteiger partial charge in [-0.3, -0.25) is 25.7 Å². The second-order valence-corrected chi connectivity index (χ2v) is 6.08.